The third-order valence-electron chi connectivity index (χ3n) is 2.04. The van der Waals surface area contributed by atoms with E-state index < -0.39 is 5.60 Å². The van der Waals surface area contributed by atoms with E-state index in [9.17, 15) is 9.90 Å². The molecular formula is C13H17BrO4. The highest BCUT2D eigenvalue weighted by Crippen LogP contribution is 2.37. The van der Waals surface area contributed by atoms with Gasteiger partial charge < -0.3 is 14.6 Å². The maximum Gasteiger partial charge on any atom is 0.175 e. The van der Waals surface area contributed by atoms with Gasteiger partial charge in [0, 0.05) is 5.56 Å². The molecule has 1 N–H and O–H groups in total. The van der Waals surface area contributed by atoms with Gasteiger partial charge in [0.2, 0.25) is 0 Å². The van der Waals surface area contributed by atoms with Gasteiger partial charge in [-0.2, -0.15) is 0 Å². The Bertz CT molecular complexity index is 424. The molecule has 0 aliphatic heterocycles. The van der Waals surface area contributed by atoms with Crippen molar-refractivity contribution >= 4 is 22.2 Å². The predicted molar refractivity (Wildman–Crippen MR) is 72.5 cm³/mol. The fraction of sp³-hybridized carbons (Fsp3) is 0.462. The molecule has 0 amide bonds. The minimum atomic E-state index is -0.938. The zero-order valence-electron chi connectivity index (χ0n) is 10.7. The average molecular weight is 317 g/mol. The van der Waals surface area contributed by atoms with E-state index in [0.717, 1.165) is 6.29 Å². The smallest absolute Gasteiger partial charge is 0.175 e. The number of carbonyl (C=O) groups excluding carboxylic acids is 1. The molecule has 5 heteroatoms. The molecule has 0 fully saturated rings. The average Bonchev–Trinajstić information content (AvgIpc) is 2.26. The second-order valence-corrected chi connectivity index (χ2v) is 5.34. The van der Waals surface area contributed by atoms with Crippen LogP contribution in [-0.2, 0) is 0 Å². The summed E-state index contributed by atoms with van der Waals surface area (Å²) in [7, 11) is 0. The molecule has 0 saturated heterocycles. The van der Waals surface area contributed by atoms with E-state index in [0.29, 0.717) is 28.1 Å². The highest BCUT2D eigenvalue weighted by atomic mass is 79.9. The summed E-state index contributed by atoms with van der Waals surface area (Å²) in [6, 6.07) is 3.26. The fourth-order valence-corrected chi connectivity index (χ4v) is 1.88. The van der Waals surface area contributed by atoms with Gasteiger partial charge in [-0.25, -0.2) is 0 Å². The van der Waals surface area contributed by atoms with Crippen molar-refractivity contribution in [2.24, 2.45) is 0 Å². The van der Waals surface area contributed by atoms with Crippen LogP contribution in [-0.4, -0.2) is 30.2 Å². The third-order valence-corrected chi connectivity index (χ3v) is 2.63. The van der Waals surface area contributed by atoms with Gasteiger partial charge in [-0.05, 0) is 48.8 Å². The number of rotatable bonds is 6. The van der Waals surface area contributed by atoms with Gasteiger partial charge in [0.05, 0.1) is 16.7 Å². The predicted octanol–water partition coefficient (Wildman–Crippen LogP) is 2.81. The summed E-state index contributed by atoms with van der Waals surface area (Å²) < 4.78 is 11.6. The van der Waals surface area contributed by atoms with Gasteiger partial charge in [0.25, 0.3) is 0 Å². The Kier molecular flexibility index (Phi) is 5.16. The topological polar surface area (TPSA) is 55.8 Å². The van der Waals surface area contributed by atoms with E-state index in [1.165, 1.54) is 0 Å². The Labute approximate surface area is 115 Å². The molecule has 4 nitrogen and oxygen atoms in total. The minimum Gasteiger partial charge on any atom is -0.490 e. The first kappa shape index (κ1) is 15.0. The summed E-state index contributed by atoms with van der Waals surface area (Å²) in [6.45, 7) is 5.75. The Morgan fingerprint density at radius 3 is 2.56 bits per heavy atom. The van der Waals surface area contributed by atoms with Gasteiger partial charge >= 0.3 is 0 Å². The van der Waals surface area contributed by atoms with Crippen LogP contribution in [0.2, 0.25) is 0 Å². The van der Waals surface area contributed by atoms with Crippen molar-refractivity contribution in [2.75, 3.05) is 13.2 Å². The van der Waals surface area contributed by atoms with Crippen LogP contribution in [0.1, 0.15) is 31.1 Å². The molecule has 0 spiro atoms. The lowest BCUT2D eigenvalue weighted by Gasteiger charge is -2.20. The Balaban J connectivity index is 3.04. The van der Waals surface area contributed by atoms with E-state index >= 15 is 0 Å². The molecule has 1 rings (SSSR count). The van der Waals surface area contributed by atoms with Crippen molar-refractivity contribution in [1.82, 2.24) is 0 Å². The summed E-state index contributed by atoms with van der Waals surface area (Å²) in [5.41, 5.74) is -0.437. The van der Waals surface area contributed by atoms with E-state index in [1.807, 2.05) is 6.92 Å². The van der Waals surface area contributed by atoms with Crippen LogP contribution in [0.3, 0.4) is 0 Å². The Hall–Kier alpha value is -1.07. The van der Waals surface area contributed by atoms with Gasteiger partial charge in [-0.1, -0.05) is 0 Å². The van der Waals surface area contributed by atoms with Crippen LogP contribution in [0.4, 0.5) is 0 Å². The molecule has 0 saturated carbocycles. The molecule has 0 unspecified atom stereocenters. The normalized spacial score (nSPS) is 11.2. The van der Waals surface area contributed by atoms with Crippen LogP contribution in [0.5, 0.6) is 11.5 Å². The number of aldehydes is 1. The number of ether oxygens (including phenoxy) is 2. The first-order valence-electron chi connectivity index (χ1n) is 5.64. The lowest BCUT2D eigenvalue weighted by molar-refractivity contribution is 0.0271. The zero-order valence-corrected chi connectivity index (χ0v) is 12.3. The quantitative estimate of drug-likeness (QED) is 0.820. The number of carbonyl (C=O) groups is 1. The number of hydrogen-bond donors (Lipinski definition) is 1. The van der Waals surface area contributed by atoms with Crippen LogP contribution in [0.15, 0.2) is 16.6 Å². The van der Waals surface area contributed by atoms with Crippen molar-refractivity contribution in [3.05, 3.63) is 22.2 Å². The van der Waals surface area contributed by atoms with Crippen molar-refractivity contribution in [1.29, 1.82) is 0 Å². The van der Waals surface area contributed by atoms with Crippen LogP contribution in [0, 0.1) is 0 Å². The highest BCUT2D eigenvalue weighted by Gasteiger charge is 2.18. The van der Waals surface area contributed by atoms with Gasteiger partial charge in [-0.15, -0.1) is 0 Å². The van der Waals surface area contributed by atoms with Crippen LogP contribution in [0.25, 0.3) is 0 Å². The highest BCUT2D eigenvalue weighted by molar-refractivity contribution is 9.10. The molecule has 1 aromatic carbocycles. The second kappa shape index (κ2) is 6.20. The summed E-state index contributed by atoms with van der Waals surface area (Å²) >= 11 is 3.33. The van der Waals surface area contributed by atoms with E-state index in [4.69, 9.17) is 9.47 Å². The summed E-state index contributed by atoms with van der Waals surface area (Å²) in [6.07, 6.45) is 0.743. The van der Waals surface area contributed by atoms with Crippen LogP contribution >= 0.6 is 15.9 Å². The van der Waals surface area contributed by atoms with Gasteiger partial charge in [0.1, 0.15) is 12.9 Å². The van der Waals surface area contributed by atoms with Crippen LogP contribution < -0.4 is 9.47 Å². The number of hydrogen-bond acceptors (Lipinski definition) is 4. The minimum absolute atomic E-state index is 0.131. The molecule has 0 heterocycles. The molecule has 0 radical (unpaired) electrons. The molecule has 1 aromatic rings. The molecule has 100 valence electrons. The number of halogens is 1. The first-order valence-corrected chi connectivity index (χ1v) is 6.43. The molecule has 18 heavy (non-hydrogen) atoms. The Morgan fingerprint density at radius 1 is 1.39 bits per heavy atom. The van der Waals surface area contributed by atoms with Crippen molar-refractivity contribution in [3.8, 4) is 11.5 Å². The van der Waals surface area contributed by atoms with Crippen molar-refractivity contribution in [2.45, 2.75) is 26.4 Å². The van der Waals surface area contributed by atoms with Crippen molar-refractivity contribution < 1.29 is 19.4 Å². The Morgan fingerprint density at radius 2 is 2.06 bits per heavy atom. The van der Waals surface area contributed by atoms with Crippen molar-refractivity contribution in [3.63, 3.8) is 0 Å². The van der Waals surface area contributed by atoms with E-state index in [-0.39, 0.29) is 6.61 Å². The summed E-state index contributed by atoms with van der Waals surface area (Å²) in [5.74, 6) is 0.975. The molecule has 0 aliphatic carbocycles. The number of benzene rings is 1. The zero-order chi connectivity index (χ0) is 13.8. The largest absolute Gasteiger partial charge is 0.490 e. The van der Waals surface area contributed by atoms with E-state index in [2.05, 4.69) is 15.9 Å². The molecule has 0 aromatic heterocycles. The molecule has 0 bridgehead atoms. The lowest BCUT2D eigenvalue weighted by Crippen LogP contribution is -2.28. The van der Waals surface area contributed by atoms with Gasteiger partial charge in [-0.3, -0.25) is 4.79 Å². The van der Waals surface area contributed by atoms with Gasteiger partial charge in [0.15, 0.2) is 11.5 Å². The fourth-order valence-electron chi connectivity index (χ4n) is 1.31. The molecule has 0 atom stereocenters. The second-order valence-electron chi connectivity index (χ2n) is 4.48. The third kappa shape index (κ3) is 4.31. The SMILES string of the molecule is CCOc1cc(C=O)cc(Br)c1OCC(C)(C)O. The number of aliphatic hydroxyl groups is 1. The maximum atomic E-state index is 10.8. The first-order chi connectivity index (χ1) is 8.37. The monoisotopic (exact) mass is 316 g/mol. The molecule has 0 aliphatic rings. The van der Waals surface area contributed by atoms with E-state index in [1.54, 1.807) is 26.0 Å². The molecular weight excluding hydrogens is 300 g/mol. The summed E-state index contributed by atoms with van der Waals surface area (Å²) in [4.78, 5) is 10.8. The summed E-state index contributed by atoms with van der Waals surface area (Å²) in [5, 5.41) is 9.65. The lowest BCUT2D eigenvalue weighted by atomic mass is 10.1. The maximum absolute atomic E-state index is 10.8. The standard InChI is InChI=1S/C13H17BrO4/c1-4-17-11-6-9(7-15)5-10(14)12(11)18-8-13(2,3)16/h5-7,16H,4,8H2,1-3H3.